The first-order chi connectivity index (χ1) is 36.7. The molecule has 0 bridgehead atoms. The van der Waals surface area contributed by atoms with Crippen molar-refractivity contribution < 1.29 is 0 Å². The highest BCUT2D eigenvalue weighted by Crippen LogP contribution is 2.52. The molecule has 11 aromatic carbocycles. The molecule has 0 fully saturated rings. The normalized spacial score (nSPS) is 11.5. The molecule has 5 heteroatoms. The maximum absolute atomic E-state index is 5.55. The van der Waals surface area contributed by atoms with Crippen LogP contribution >= 0.6 is 0 Å². The summed E-state index contributed by atoms with van der Waals surface area (Å²) >= 11 is 0. The molecule has 0 saturated carbocycles. The van der Waals surface area contributed by atoms with Crippen LogP contribution in [0.1, 0.15) is 0 Å². The largest absolute Gasteiger partial charge is 0.307 e. The topological polar surface area (TPSA) is 48.5 Å². The lowest BCUT2D eigenvalue weighted by atomic mass is 9.86. The standard InChI is InChI=1S/C69H45N5/c1-6-21-46(22-7-1)48-37-39-49(40-38-48)50-41-43-53(44-42-50)68-70-67(52-27-12-4-13-28-52)71-69(72-68)74-60-36-19-17-34-58(60)64-62(55-30-20-29-54(45-55)47-23-8-2-9-24-47)61(51-25-10-3-11-26-51)63-57-33-16-18-35-59(57)73(65(63)66(64)74)56-31-14-5-15-32-56/h1-45H. The maximum Gasteiger partial charge on any atom is 0.238 e. The third-order valence-electron chi connectivity index (χ3n) is 14.4. The van der Waals surface area contributed by atoms with E-state index in [1.165, 1.54) is 16.7 Å². The van der Waals surface area contributed by atoms with Gasteiger partial charge in [-0.15, -0.1) is 0 Å². The Bertz CT molecular complexity index is 4360. The Kier molecular flexibility index (Phi) is 10.4. The van der Waals surface area contributed by atoms with Crippen molar-refractivity contribution in [2.75, 3.05) is 0 Å². The Balaban J connectivity index is 1.09. The van der Waals surface area contributed by atoms with E-state index in [4.69, 9.17) is 15.0 Å². The minimum absolute atomic E-state index is 0.531. The van der Waals surface area contributed by atoms with Gasteiger partial charge in [0.2, 0.25) is 5.95 Å². The Labute approximate surface area is 428 Å². The quantitative estimate of drug-likeness (QED) is 0.145. The highest BCUT2D eigenvalue weighted by molar-refractivity contribution is 6.33. The van der Waals surface area contributed by atoms with Gasteiger partial charge < -0.3 is 4.57 Å². The molecule has 0 spiro atoms. The minimum atomic E-state index is 0.531. The smallest absolute Gasteiger partial charge is 0.238 e. The first kappa shape index (κ1) is 42.9. The third kappa shape index (κ3) is 7.29. The zero-order valence-electron chi connectivity index (χ0n) is 40.2. The molecule has 0 N–H and O–H groups in total. The van der Waals surface area contributed by atoms with Gasteiger partial charge in [0, 0.05) is 49.5 Å². The first-order valence-corrected chi connectivity index (χ1v) is 25.1. The molecule has 0 atom stereocenters. The minimum Gasteiger partial charge on any atom is -0.307 e. The Hall–Kier alpha value is -9.97. The van der Waals surface area contributed by atoms with Crippen molar-refractivity contribution >= 4 is 43.6 Å². The summed E-state index contributed by atoms with van der Waals surface area (Å²) in [6.45, 7) is 0. The lowest BCUT2D eigenvalue weighted by Gasteiger charge is -2.19. The van der Waals surface area contributed by atoms with E-state index in [1.54, 1.807) is 0 Å². The SMILES string of the molecule is c1ccc(-c2ccc(-c3ccc(-c4nc(-c5ccccc5)nc(-n5c6ccccc6c6c(-c7cccc(-c8ccccc8)c7)c(-c7ccccc7)c7c8ccccc8n(-c8ccccc8)c7c65)n4)cc3)cc2)cc1. The molecule has 14 aromatic rings. The fraction of sp³-hybridized carbons (Fsp3) is 0. The van der Waals surface area contributed by atoms with Gasteiger partial charge in [-0.25, -0.2) is 4.98 Å². The molecular weight excluding hydrogens is 899 g/mol. The second kappa shape index (κ2) is 18.0. The van der Waals surface area contributed by atoms with E-state index in [0.717, 1.165) is 99.4 Å². The Morgan fingerprint density at radius 2 is 0.595 bits per heavy atom. The molecule has 0 amide bonds. The summed E-state index contributed by atoms with van der Waals surface area (Å²) < 4.78 is 4.76. The monoisotopic (exact) mass is 943 g/mol. The predicted octanol–water partition coefficient (Wildman–Crippen LogP) is 17.7. The van der Waals surface area contributed by atoms with Gasteiger partial charge >= 0.3 is 0 Å². The summed E-state index contributed by atoms with van der Waals surface area (Å²) in [5, 5.41) is 4.51. The average molecular weight is 944 g/mol. The number of nitrogens with zero attached hydrogens (tertiary/aromatic N) is 5. The van der Waals surface area contributed by atoms with Crippen molar-refractivity contribution in [3.8, 4) is 90.0 Å². The lowest BCUT2D eigenvalue weighted by molar-refractivity contribution is 0.953. The van der Waals surface area contributed by atoms with Gasteiger partial charge in [0.1, 0.15) is 0 Å². The van der Waals surface area contributed by atoms with Crippen LogP contribution in [-0.4, -0.2) is 24.1 Å². The predicted molar refractivity (Wildman–Crippen MR) is 307 cm³/mol. The van der Waals surface area contributed by atoms with Crippen molar-refractivity contribution in [3.63, 3.8) is 0 Å². The highest BCUT2D eigenvalue weighted by Gasteiger charge is 2.30. The molecule has 14 rings (SSSR count). The molecule has 3 heterocycles. The second-order valence-electron chi connectivity index (χ2n) is 18.7. The number of aromatic nitrogens is 5. The fourth-order valence-electron chi connectivity index (χ4n) is 11.0. The van der Waals surface area contributed by atoms with Crippen LogP contribution in [0, 0.1) is 0 Å². The summed E-state index contributed by atoms with van der Waals surface area (Å²) in [4.78, 5) is 16.3. The van der Waals surface area contributed by atoms with Crippen molar-refractivity contribution in [1.82, 2.24) is 24.1 Å². The Morgan fingerprint density at radius 3 is 1.14 bits per heavy atom. The van der Waals surface area contributed by atoms with Gasteiger partial charge in [-0.3, -0.25) is 4.57 Å². The summed E-state index contributed by atoms with van der Waals surface area (Å²) in [5.41, 5.74) is 18.5. The lowest BCUT2D eigenvalue weighted by Crippen LogP contribution is -2.07. The summed E-state index contributed by atoms with van der Waals surface area (Å²) in [6, 6.07) is 97.1. The summed E-state index contributed by atoms with van der Waals surface area (Å²) in [7, 11) is 0. The fourth-order valence-corrected chi connectivity index (χ4v) is 11.0. The van der Waals surface area contributed by atoms with Crippen LogP contribution in [0.15, 0.2) is 273 Å². The van der Waals surface area contributed by atoms with E-state index >= 15 is 0 Å². The Morgan fingerprint density at radius 1 is 0.243 bits per heavy atom. The molecule has 0 radical (unpaired) electrons. The molecule has 346 valence electrons. The number of rotatable bonds is 9. The van der Waals surface area contributed by atoms with Crippen LogP contribution in [0.4, 0.5) is 0 Å². The number of para-hydroxylation sites is 3. The van der Waals surface area contributed by atoms with E-state index in [2.05, 4.69) is 264 Å². The molecule has 3 aromatic heterocycles. The highest BCUT2D eigenvalue weighted by atomic mass is 15.2. The second-order valence-corrected chi connectivity index (χ2v) is 18.7. The van der Waals surface area contributed by atoms with E-state index in [0.29, 0.717) is 17.6 Å². The summed E-state index contributed by atoms with van der Waals surface area (Å²) in [5.74, 6) is 1.71. The van der Waals surface area contributed by atoms with Gasteiger partial charge in [-0.1, -0.05) is 243 Å². The van der Waals surface area contributed by atoms with Crippen LogP contribution in [0.5, 0.6) is 0 Å². The maximum atomic E-state index is 5.55. The van der Waals surface area contributed by atoms with Gasteiger partial charge in [-0.2, -0.15) is 9.97 Å². The molecule has 0 aliphatic heterocycles. The zero-order chi connectivity index (χ0) is 49.0. The third-order valence-corrected chi connectivity index (χ3v) is 14.4. The van der Waals surface area contributed by atoms with Crippen molar-refractivity contribution in [1.29, 1.82) is 0 Å². The van der Waals surface area contributed by atoms with Crippen LogP contribution in [0.2, 0.25) is 0 Å². The molecule has 5 nitrogen and oxygen atoms in total. The number of hydrogen-bond acceptors (Lipinski definition) is 3. The summed E-state index contributed by atoms with van der Waals surface area (Å²) in [6.07, 6.45) is 0. The molecule has 0 saturated heterocycles. The molecule has 0 unspecified atom stereocenters. The van der Waals surface area contributed by atoms with Crippen LogP contribution < -0.4 is 0 Å². The van der Waals surface area contributed by atoms with E-state index < -0.39 is 0 Å². The van der Waals surface area contributed by atoms with E-state index in [9.17, 15) is 0 Å². The van der Waals surface area contributed by atoms with Crippen molar-refractivity contribution in [3.05, 3.63) is 273 Å². The molecule has 0 aliphatic rings. The number of hydrogen-bond donors (Lipinski definition) is 0. The van der Waals surface area contributed by atoms with Gasteiger partial charge in [0.25, 0.3) is 0 Å². The molecule has 0 aliphatic carbocycles. The van der Waals surface area contributed by atoms with Crippen molar-refractivity contribution in [2.24, 2.45) is 0 Å². The van der Waals surface area contributed by atoms with Crippen LogP contribution in [-0.2, 0) is 0 Å². The van der Waals surface area contributed by atoms with Crippen molar-refractivity contribution in [2.45, 2.75) is 0 Å². The molecule has 74 heavy (non-hydrogen) atoms. The van der Waals surface area contributed by atoms with E-state index in [1.807, 2.05) is 18.2 Å². The van der Waals surface area contributed by atoms with Gasteiger partial charge in [0.15, 0.2) is 11.6 Å². The van der Waals surface area contributed by atoms with E-state index in [-0.39, 0.29) is 0 Å². The number of benzene rings is 11. The van der Waals surface area contributed by atoms with Gasteiger partial charge in [-0.05, 0) is 74.8 Å². The molecular formula is C69H45N5. The van der Waals surface area contributed by atoms with Crippen LogP contribution in [0.25, 0.3) is 134 Å². The average Bonchev–Trinajstić information content (AvgIpc) is 4.06. The van der Waals surface area contributed by atoms with Gasteiger partial charge in [0.05, 0.1) is 22.1 Å². The first-order valence-electron chi connectivity index (χ1n) is 25.1. The number of fused-ring (bicyclic) bond motifs is 7. The zero-order valence-corrected chi connectivity index (χ0v) is 40.2. The van der Waals surface area contributed by atoms with Crippen LogP contribution in [0.3, 0.4) is 0 Å².